The number of rotatable bonds is 11. The summed E-state index contributed by atoms with van der Waals surface area (Å²) in [6.07, 6.45) is -2.78. The van der Waals surface area contributed by atoms with Gasteiger partial charge in [0.15, 0.2) is 12.4 Å². The minimum atomic E-state index is -5.89. The predicted octanol–water partition coefficient (Wildman–Crippen LogP) is 1.94. The smallest absolute Gasteiger partial charge is 0.379 e. The van der Waals surface area contributed by atoms with Crippen molar-refractivity contribution < 1.29 is 45.1 Å². The van der Waals surface area contributed by atoms with Gasteiger partial charge < -0.3 is 19.3 Å². The molecule has 7 nitrogen and oxygen atoms in total. The van der Waals surface area contributed by atoms with Crippen LogP contribution in [0.25, 0.3) is 0 Å². The Balaban J connectivity index is 2.81. The Morgan fingerprint density at radius 1 is 1.08 bits per heavy atom. The molecule has 0 saturated carbocycles. The number of aliphatic hydroxyl groups excluding tert-OH is 1. The molecule has 1 heterocycles. The summed E-state index contributed by atoms with van der Waals surface area (Å²) in [6, 6.07) is 0. The predicted molar refractivity (Wildman–Crippen MR) is 81.1 cm³/mol. The maximum absolute atomic E-state index is 12.5. The van der Waals surface area contributed by atoms with E-state index in [0.29, 0.717) is 13.0 Å². The van der Waals surface area contributed by atoms with Crippen molar-refractivity contribution in [2.75, 3.05) is 19.8 Å². The second-order valence-corrected chi connectivity index (χ2v) is 7.21. The second-order valence-electron chi connectivity index (χ2n) is 5.64. The molecular weight excluding hydrogens is 369 g/mol. The first-order chi connectivity index (χ1) is 11.6. The molecule has 1 aliphatic rings. The van der Waals surface area contributed by atoms with Crippen molar-refractivity contribution in [1.29, 1.82) is 0 Å². The van der Waals surface area contributed by atoms with Gasteiger partial charge in [-0.25, -0.2) is 0 Å². The fourth-order valence-electron chi connectivity index (χ4n) is 2.16. The average molecular weight is 394 g/mol. The molecule has 4 atom stereocenters. The number of unbranched alkanes of at least 4 members (excludes halogenated alkanes) is 2. The lowest BCUT2D eigenvalue weighted by molar-refractivity contribution is -0.135. The van der Waals surface area contributed by atoms with Gasteiger partial charge in [0.05, 0.1) is 6.61 Å². The van der Waals surface area contributed by atoms with Crippen molar-refractivity contribution in [3.63, 3.8) is 0 Å². The molecule has 0 aromatic carbocycles. The van der Waals surface area contributed by atoms with Crippen molar-refractivity contribution in [3.8, 4) is 0 Å². The lowest BCUT2D eigenvalue weighted by atomic mass is 10.1. The molecule has 0 radical (unpaired) electrons. The summed E-state index contributed by atoms with van der Waals surface area (Å²) in [5.41, 5.74) is -5.60. The summed E-state index contributed by atoms with van der Waals surface area (Å²) in [7, 11) is -5.89. The summed E-state index contributed by atoms with van der Waals surface area (Å²) in [6.45, 7) is 4.35. The summed E-state index contributed by atoms with van der Waals surface area (Å²) < 4.78 is 80.1. The standard InChI is InChI=1S/C14H25F3O7S/c1-3-5-7-21-9-10-11(22-8-6-4-2)12(13(18)23-10)24-25(19,20)14(15,16)17/h10-13,18H,3-9H2,1-2H3/t10-,11-,12-,13?/m1/s1. The highest BCUT2D eigenvalue weighted by atomic mass is 32.2. The number of aliphatic hydroxyl groups is 1. The second kappa shape index (κ2) is 10.0. The quantitative estimate of drug-likeness (QED) is 0.325. The van der Waals surface area contributed by atoms with Gasteiger partial charge in [-0.1, -0.05) is 26.7 Å². The monoisotopic (exact) mass is 394 g/mol. The van der Waals surface area contributed by atoms with E-state index in [1.165, 1.54) is 0 Å². The first kappa shape index (κ1) is 22.6. The van der Waals surface area contributed by atoms with Gasteiger partial charge in [-0.05, 0) is 12.8 Å². The third-order valence-corrected chi connectivity index (χ3v) is 4.58. The average Bonchev–Trinajstić information content (AvgIpc) is 2.79. The van der Waals surface area contributed by atoms with Gasteiger partial charge in [-0.15, -0.1) is 0 Å². The van der Waals surface area contributed by atoms with Gasteiger partial charge in [0.1, 0.15) is 12.2 Å². The first-order valence-electron chi connectivity index (χ1n) is 8.16. The zero-order valence-electron chi connectivity index (χ0n) is 14.2. The maximum atomic E-state index is 12.5. The largest absolute Gasteiger partial charge is 0.523 e. The highest BCUT2D eigenvalue weighted by Gasteiger charge is 2.54. The minimum Gasteiger partial charge on any atom is -0.379 e. The molecule has 0 spiro atoms. The van der Waals surface area contributed by atoms with E-state index in [0.717, 1.165) is 19.3 Å². The number of hydrogen-bond donors (Lipinski definition) is 1. The molecular formula is C14H25F3O7S. The Morgan fingerprint density at radius 3 is 2.24 bits per heavy atom. The van der Waals surface area contributed by atoms with Crippen LogP contribution >= 0.6 is 0 Å². The van der Waals surface area contributed by atoms with Crippen LogP contribution in [0.3, 0.4) is 0 Å². The van der Waals surface area contributed by atoms with Gasteiger partial charge in [-0.3, -0.25) is 4.18 Å². The summed E-state index contributed by atoms with van der Waals surface area (Å²) in [5.74, 6) is 0. The SMILES string of the molecule is CCCCOC[C@H]1OC(O)[C@H](OS(=O)(=O)C(F)(F)F)[C@@H]1OCCCC. The molecule has 150 valence electrons. The van der Waals surface area contributed by atoms with Crippen LogP contribution in [0.4, 0.5) is 13.2 Å². The first-order valence-corrected chi connectivity index (χ1v) is 9.57. The normalized spacial score (nSPS) is 27.8. The van der Waals surface area contributed by atoms with Gasteiger partial charge in [0.25, 0.3) is 0 Å². The van der Waals surface area contributed by atoms with Crippen molar-refractivity contribution in [3.05, 3.63) is 0 Å². The van der Waals surface area contributed by atoms with E-state index in [4.69, 9.17) is 14.2 Å². The zero-order valence-corrected chi connectivity index (χ0v) is 15.0. The molecule has 1 rings (SSSR count). The van der Waals surface area contributed by atoms with Gasteiger partial charge in [-0.2, -0.15) is 21.6 Å². The Hall–Kier alpha value is -0.460. The van der Waals surface area contributed by atoms with E-state index in [1.54, 1.807) is 0 Å². The lowest BCUT2D eigenvalue weighted by Gasteiger charge is -2.23. The summed E-state index contributed by atoms with van der Waals surface area (Å²) in [4.78, 5) is 0. The van der Waals surface area contributed by atoms with E-state index in [9.17, 15) is 26.7 Å². The van der Waals surface area contributed by atoms with Crippen LogP contribution in [0.5, 0.6) is 0 Å². The molecule has 0 aliphatic carbocycles. The molecule has 25 heavy (non-hydrogen) atoms. The van der Waals surface area contributed by atoms with Gasteiger partial charge in [0, 0.05) is 13.2 Å². The van der Waals surface area contributed by atoms with E-state index in [1.807, 2.05) is 13.8 Å². The van der Waals surface area contributed by atoms with Crippen LogP contribution in [0.1, 0.15) is 39.5 Å². The van der Waals surface area contributed by atoms with E-state index in [2.05, 4.69) is 4.18 Å². The lowest BCUT2D eigenvalue weighted by Crippen LogP contribution is -2.43. The van der Waals surface area contributed by atoms with Crippen LogP contribution < -0.4 is 0 Å². The fourth-order valence-corrected chi connectivity index (χ4v) is 2.76. The van der Waals surface area contributed by atoms with E-state index >= 15 is 0 Å². The Morgan fingerprint density at radius 2 is 1.68 bits per heavy atom. The minimum absolute atomic E-state index is 0.0558. The number of ether oxygens (including phenoxy) is 3. The molecule has 0 aromatic heterocycles. The molecule has 1 unspecified atom stereocenters. The fraction of sp³-hybridized carbons (Fsp3) is 1.00. The molecule has 1 saturated heterocycles. The molecule has 1 aliphatic heterocycles. The third kappa shape index (κ3) is 6.65. The number of halogens is 3. The van der Waals surface area contributed by atoms with Crippen molar-refractivity contribution in [2.24, 2.45) is 0 Å². The molecule has 11 heteroatoms. The van der Waals surface area contributed by atoms with Crippen LogP contribution in [-0.4, -0.2) is 63.5 Å². The number of alkyl halides is 3. The molecule has 0 bridgehead atoms. The molecule has 1 fully saturated rings. The van der Waals surface area contributed by atoms with Crippen molar-refractivity contribution in [1.82, 2.24) is 0 Å². The van der Waals surface area contributed by atoms with Gasteiger partial charge in [0.2, 0.25) is 0 Å². The molecule has 0 aromatic rings. The Labute approximate surface area is 145 Å². The highest BCUT2D eigenvalue weighted by Crippen LogP contribution is 2.32. The Kier molecular flexibility index (Phi) is 9.05. The third-order valence-electron chi connectivity index (χ3n) is 3.54. The number of hydrogen-bond acceptors (Lipinski definition) is 7. The van der Waals surface area contributed by atoms with Crippen LogP contribution in [0.15, 0.2) is 0 Å². The zero-order chi connectivity index (χ0) is 19.1. The summed E-state index contributed by atoms with van der Waals surface area (Å²) in [5, 5.41) is 9.80. The topological polar surface area (TPSA) is 91.3 Å². The molecule has 1 N–H and O–H groups in total. The maximum Gasteiger partial charge on any atom is 0.523 e. The van der Waals surface area contributed by atoms with Crippen molar-refractivity contribution in [2.45, 2.75) is 69.6 Å². The summed E-state index contributed by atoms with van der Waals surface area (Å²) >= 11 is 0. The van der Waals surface area contributed by atoms with Crippen LogP contribution in [0.2, 0.25) is 0 Å². The van der Waals surface area contributed by atoms with Crippen LogP contribution in [-0.2, 0) is 28.5 Å². The van der Waals surface area contributed by atoms with Crippen molar-refractivity contribution >= 4 is 10.1 Å². The Bertz CT molecular complexity index is 483. The van der Waals surface area contributed by atoms with E-state index in [-0.39, 0.29) is 13.2 Å². The molecule has 0 amide bonds. The van der Waals surface area contributed by atoms with Crippen LogP contribution in [0, 0.1) is 0 Å². The van der Waals surface area contributed by atoms with Gasteiger partial charge >= 0.3 is 15.6 Å². The highest BCUT2D eigenvalue weighted by molar-refractivity contribution is 7.87. The van der Waals surface area contributed by atoms with E-state index < -0.39 is 40.2 Å².